The van der Waals surface area contributed by atoms with Crippen molar-refractivity contribution in [3.05, 3.63) is 115 Å². The van der Waals surface area contributed by atoms with Crippen LogP contribution >= 0.6 is 0 Å². The highest BCUT2D eigenvalue weighted by Gasteiger charge is 2.24. The van der Waals surface area contributed by atoms with E-state index in [1.54, 1.807) is 30.3 Å². The van der Waals surface area contributed by atoms with E-state index in [1.807, 2.05) is 71.4 Å². The Balaban J connectivity index is 1.27. The van der Waals surface area contributed by atoms with Crippen LogP contribution in [0.25, 0.3) is 16.9 Å². The molecule has 0 bridgehead atoms. The Kier molecular flexibility index (Phi) is 6.53. The fourth-order valence-corrected chi connectivity index (χ4v) is 4.34. The average molecular weight is 521 g/mol. The summed E-state index contributed by atoms with van der Waals surface area (Å²) in [5, 5.41) is 2.90. The van der Waals surface area contributed by atoms with E-state index in [9.17, 15) is 9.59 Å². The molecule has 194 valence electrons. The van der Waals surface area contributed by atoms with Crippen LogP contribution in [0.3, 0.4) is 0 Å². The van der Waals surface area contributed by atoms with Crippen LogP contribution in [0.5, 0.6) is 11.5 Å². The molecule has 5 aromatic rings. The molecule has 0 unspecified atom stereocenters. The summed E-state index contributed by atoms with van der Waals surface area (Å²) in [5.74, 6) is 1.20. The lowest BCUT2D eigenvalue weighted by Crippen LogP contribution is -2.37. The third-order valence-electron chi connectivity index (χ3n) is 6.23. The minimum absolute atomic E-state index is 0.102. The van der Waals surface area contributed by atoms with Gasteiger partial charge in [-0.2, -0.15) is 0 Å². The first kappa shape index (κ1) is 24.1. The normalized spacial score (nSPS) is 11.8. The summed E-state index contributed by atoms with van der Waals surface area (Å²) >= 11 is 0. The van der Waals surface area contributed by atoms with Crippen LogP contribution in [0.15, 0.2) is 108 Å². The second-order valence-corrected chi connectivity index (χ2v) is 8.88. The molecule has 9 heteroatoms. The van der Waals surface area contributed by atoms with Gasteiger partial charge in [-0.3, -0.25) is 19.5 Å². The first-order valence-corrected chi connectivity index (χ1v) is 12.4. The van der Waals surface area contributed by atoms with Gasteiger partial charge in [0.05, 0.1) is 18.5 Å². The van der Waals surface area contributed by atoms with Gasteiger partial charge in [0, 0.05) is 23.0 Å². The largest absolute Gasteiger partial charge is 0.467 e. The van der Waals surface area contributed by atoms with Gasteiger partial charge >= 0.3 is 0 Å². The summed E-state index contributed by atoms with van der Waals surface area (Å²) in [5.41, 5.74) is 2.83. The molecule has 1 aliphatic rings. The summed E-state index contributed by atoms with van der Waals surface area (Å²) in [6.45, 7) is -0.0170. The number of imidazole rings is 1. The Morgan fingerprint density at radius 1 is 0.897 bits per heavy atom. The Morgan fingerprint density at radius 2 is 1.67 bits per heavy atom. The van der Waals surface area contributed by atoms with E-state index in [0.29, 0.717) is 34.5 Å². The van der Waals surface area contributed by atoms with Gasteiger partial charge in [-0.1, -0.05) is 48.5 Å². The molecule has 39 heavy (non-hydrogen) atoms. The van der Waals surface area contributed by atoms with E-state index in [1.165, 1.54) is 11.2 Å². The topological polar surface area (TPSA) is 98.8 Å². The van der Waals surface area contributed by atoms with Crippen molar-refractivity contribution in [2.45, 2.75) is 6.54 Å². The molecular formula is C30H24N4O5. The second-order valence-electron chi connectivity index (χ2n) is 8.88. The van der Waals surface area contributed by atoms with Gasteiger partial charge in [0.25, 0.3) is 5.91 Å². The van der Waals surface area contributed by atoms with Gasteiger partial charge in [-0.25, -0.2) is 4.98 Å². The van der Waals surface area contributed by atoms with Gasteiger partial charge in [0.15, 0.2) is 11.5 Å². The Hall–Kier alpha value is -5.31. The molecule has 1 N–H and O–H groups in total. The van der Waals surface area contributed by atoms with Crippen LogP contribution in [0.1, 0.15) is 16.1 Å². The molecular weight excluding hydrogens is 496 g/mol. The number of rotatable bonds is 8. The lowest BCUT2D eigenvalue weighted by atomic mass is 10.1. The molecule has 0 aliphatic carbocycles. The molecule has 0 atom stereocenters. The number of nitrogens with zero attached hydrogens (tertiary/aromatic N) is 3. The zero-order valence-corrected chi connectivity index (χ0v) is 20.8. The summed E-state index contributed by atoms with van der Waals surface area (Å²) in [4.78, 5) is 33.0. The quantitative estimate of drug-likeness (QED) is 0.304. The highest BCUT2D eigenvalue weighted by atomic mass is 16.7. The number of fused-ring (bicyclic) bond motifs is 1. The molecule has 2 aromatic heterocycles. The number of carbonyl (C=O) groups is 2. The minimum atomic E-state index is -0.405. The van der Waals surface area contributed by atoms with E-state index in [0.717, 1.165) is 11.3 Å². The van der Waals surface area contributed by atoms with Crippen molar-refractivity contribution in [3.63, 3.8) is 0 Å². The van der Waals surface area contributed by atoms with Crippen molar-refractivity contribution in [3.8, 4) is 28.4 Å². The molecule has 3 heterocycles. The third kappa shape index (κ3) is 5.24. The molecule has 3 aromatic carbocycles. The zero-order valence-electron chi connectivity index (χ0n) is 20.8. The summed E-state index contributed by atoms with van der Waals surface area (Å²) < 4.78 is 18.1. The maximum atomic E-state index is 13.5. The van der Waals surface area contributed by atoms with Crippen LogP contribution in [0, 0.1) is 0 Å². The van der Waals surface area contributed by atoms with E-state index < -0.39 is 5.91 Å². The monoisotopic (exact) mass is 520 g/mol. The predicted molar refractivity (Wildman–Crippen MR) is 144 cm³/mol. The van der Waals surface area contributed by atoms with Gasteiger partial charge in [0.2, 0.25) is 18.6 Å². The van der Waals surface area contributed by atoms with Gasteiger partial charge in [0.1, 0.15) is 12.3 Å². The van der Waals surface area contributed by atoms with Crippen LogP contribution in [-0.4, -0.2) is 39.6 Å². The molecule has 1 aliphatic heterocycles. The first-order chi connectivity index (χ1) is 19.1. The zero-order chi connectivity index (χ0) is 26.6. The molecule has 0 fully saturated rings. The first-order valence-electron chi connectivity index (χ1n) is 12.4. The second kappa shape index (κ2) is 10.6. The number of para-hydroxylation sites is 1. The van der Waals surface area contributed by atoms with Crippen LogP contribution in [0.4, 0.5) is 5.95 Å². The number of benzene rings is 3. The van der Waals surface area contributed by atoms with Crippen LogP contribution in [-0.2, 0) is 11.3 Å². The minimum Gasteiger partial charge on any atom is -0.467 e. The average Bonchev–Trinajstić information content (AvgIpc) is 3.74. The molecule has 6 rings (SSSR count). The summed E-state index contributed by atoms with van der Waals surface area (Å²) in [7, 11) is 0. The molecule has 9 nitrogen and oxygen atoms in total. The van der Waals surface area contributed by atoms with Crippen molar-refractivity contribution in [2.24, 2.45) is 0 Å². The standard InChI is InChI=1S/C30H24N4O5/c35-28(32-30-31-25(21-8-3-1-4-9-21)18-34(30)23-10-5-2-6-11-23)19-33(17-24-12-7-15-37-24)29(36)22-13-14-26-27(16-22)39-20-38-26/h1-16,18H,17,19-20H2,(H,31,32,35). The van der Waals surface area contributed by atoms with E-state index in [-0.39, 0.29) is 25.8 Å². The van der Waals surface area contributed by atoms with E-state index in [2.05, 4.69) is 5.32 Å². The molecule has 0 radical (unpaired) electrons. The predicted octanol–water partition coefficient (Wildman–Crippen LogP) is 5.14. The van der Waals surface area contributed by atoms with Gasteiger partial charge < -0.3 is 18.8 Å². The van der Waals surface area contributed by atoms with Crippen molar-refractivity contribution >= 4 is 17.8 Å². The number of amides is 2. The molecule has 0 saturated heterocycles. The number of hydrogen-bond donors (Lipinski definition) is 1. The van der Waals surface area contributed by atoms with Crippen LogP contribution < -0.4 is 14.8 Å². The van der Waals surface area contributed by atoms with Crippen molar-refractivity contribution < 1.29 is 23.5 Å². The Labute approximate surface area is 224 Å². The maximum absolute atomic E-state index is 13.5. The highest BCUT2D eigenvalue weighted by Crippen LogP contribution is 2.33. The molecule has 0 spiro atoms. The molecule has 2 amide bonds. The van der Waals surface area contributed by atoms with Crippen LogP contribution in [0.2, 0.25) is 0 Å². The Bertz CT molecular complexity index is 1600. The lowest BCUT2D eigenvalue weighted by molar-refractivity contribution is -0.117. The maximum Gasteiger partial charge on any atom is 0.254 e. The van der Waals surface area contributed by atoms with E-state index in [4.69, 9.17) is 18.9 Å². The van der Waals surface area contributed by atoms with E-state index >= 15 is 0 Å². The third-order valence-corrected chi connectivity index (χ3v) is 6.23. The fourth-order valence-electron chi connectivity index (χ4n) is 4.34. The number of carbonyl (C=O) groups excluding carboxylic acids is 2. The van der Waals surface area contributed by atoms with Crippen molar-refractivity contribution in [2.75, 3.05) is 18.7 Å². The number of hydrogen-bond acceptors (Lipinski definition) is 6. The Morgan fingerprint density at radius 3 is 2.44 bits per heavy atom. The number of furan rings is 1. The van der Waals surface area contributed by atoms with Gasteiger partial charge in [-0.05, 0) is 42.5 Å². The number of anilines is 1. The van der Waals surface area contributed by atoms with Gasteiger partial charge in [-0.15, -0.1) is 0 Å². The fraction of sp³-hybridized carbons (Fsp3) is 0.100. The lowest BCUT2D eigenvalue weighted by Gasteiger charge is -2.21. The van der Waals surface area contributed by atoms with Crippen molar-refractivity contribution in [1.82, 2.24) is 14.5 Å². The summed E-state index contributed by atoms with van der Waals surface area (Å²) in [6.07, 6.45) is 3.40. The number of aromatic nitrogens is 2. The number of nitrogens with one attached hydrogen (secondary N) is 1. The molecule has 0 saturated carbocycles. The smallest absolute Gasteiger partial charge is 0.254 e. The summed E-state index contributed by atoms with van der Waals surface area (Å²) in [6, 6.07) is 27.8. The van der Waals surface area contributed by atoms with Crippen molar-refractivity contribution in [1.29, 1.82) is 0 Å². The SMILES string of the molecule is O=C(CN(Cc1ccco1)C(=O)c1ccc2c(c1)OCO2)Nc1nc(-c2ccccc2)cn1-c1ccccc1. The highest BCUT2D eigenvalue weighted by molar-refractivity contribution is 5.99. The number of ether oxygens (including phenoxy) is 2.